The Balaban J connectivity index is 2.45. The number of carboxylic acids is 1. The first-order valence-electron chi connectivity index (χ1n) is 6.10. The van der Waals surface area contributed by atoms with Gasteiger partial charge in [0.25, 0.3) is 0 Å². The predicted octanol–water partition coefficient (Wildman–Crippen LogP) is 2.22. The molecule has 1 aliphatic heterocycles. The van der Waals surface area contributed by atoms with Crippen molar-refractivity contribution < 1.29 is 9.90 Å². The van der Waals surface area contributed by atoms with E-state index in [0.29, 0.717) is 5.92 Å². The van der Waals surface area contributed by atoms with Gasteiger partial charge in [0, 0.05) is 6.54 Å². The zero-order chi connectivity index (χ0) is 11.3. The first-order chi connectivity index (χ1) is 7.15. The molecule has 0 radical (unpaired) electrons. The lowest BCUT2D eigenvalue weighted by Crippen LogP contribution is -2.35. The first kappa shape index (κ1) is 12.5. The molecule has 0 saturated carbocycles. The van der Waals surface area contributed by atoms with Crippen LogP contribution in [0.1, 0.15) is 39.5 Å². The first-order valence-corrected chi connectivity index (χ1v) is 6.10. The quantitative estimate of drug-likeness (QED) is 0.735. The topological polar surface area (TPSA) is 40.5 Å². The summed E-state index contributed by atoms with van der Waals surface area (Å²) >= 11 is 0. The lowest BCUT2D eigenvalue weighted by Gasteiger charge is -2.24. The van der Waals surface area contributed by atoms with Gasteiger partial charge in [-0.15, -0.1) is 0 Å². The maximum atomic E-state index is 11.2. The van der Waals surface area contributed by atoms with Crippen molar-refractivity contribution in [2.75, 3.05) is 19.6 Å². The summed E-state index contributed by atoms with van der Waals surface area (Å²) in [6.07, 6.45) is 4.55. The van der Waals surface area contributed by atoms with Crippen LogP contribution in [0.15, 0.2) is 0 Å². The third kappa shape index (κ3) is 3.82. The highest BCUT2D eigenvalue weighted by Gasteiger charge is 2.27. The summed E-state index contributed by atoms with van der Waals surface area (Å²) in [5.41, 5.74) is 0. The van der Waals surface area contributed by atoms with Crippen LogP contribution < -0.4 is 0 Å². The van der Waals surface area contributed by atoms with E-state index in [1.165, 1.54) is 12.8 Å². The highest BCUT2D eigenvalue weighted by atomic mass is 16.4. The Kier molecular flexibility index (Phi) is 5.09. The summed E-state index contributed by atoms with van der Waals surface area (Å²) in [5, 5.41) is 9.20. The minimum absolute atomic E-state index is 0.178. The third-order valence-electron chi connectivity index (χ3n) is 3.40. The van der Waals surface area contributed by atoms with Crippen molar-refractivity contribution >= 4 is 5.97 Å². The second-order valence-corrected chi connectivity index (χ2v) is 4.72. The van der Waals surface area contributed by atoms with Gasteiger partial charge in [0.15, 0.2) is 0 Å². The number of aliphatic carboxylic acids is 1. The van der Waals surface area contributed by atoms with Crippen molar-refractivity contribution in [1.82, 2.24) is 4.90 Å². The third-order valence-corrected chi connectivity index (χ3v) is 3.40. The van der Waals surface area contributed by atoms with E-state index in [1.807, 2.05) is 0 Å². The van der Waals surface area contributed by atoms with Crippen molar-refractivity contribution in [3.05, 3.63) is 0 Å². The van der Waals surface area contributed by atoms with Gasteiger partial charge in [-0.3, -0.25) is 4.79 Å². The second-order valence-electron chi connectivity index (χ2n) is 4.72. The molecule has 3 heteroatoms. The molecule has 0 aromatic carbocycles. The van der Waals surface area contributed by atoms with Gasteiger partial charge in [-0.2, -0.15) is 0 Å². The van der Waals surface area contributed by atoms with E-state index in [1.54, 1.807) is 0 Å². The average molecular weight is 213 g/mol. The van der Waals surface area contributed by atoms with Crippen LogP contribution >= 0.6 is 0 Å². The lowest BCUT2D eigenvalue weighted by molar-refractivity contribution is -0.144. The van der Waals surface area contributed by atoms with Crippen LogP contribution in [0.4, 0.5) is 0 Å². The summed E-state index contributed by atoms with van der Waals surface area (Å²) in [7, 11) is 0. The number of hydrogen-bond acceptors (Lipinski definition) is 2. The Morgan fingerprint density at radius 2 is 2.00 bits per heavy atom. The van der Waals surface area contributed by atoms with E-state index in [2.05, 4.69) is 18.7 Å². The van der Waals surface area contributed by atoms with Crippen molar-refractivity contribution in [2.24, 2.45) is 11.8 Å². The molecule has 0 bridgehead atoms. The van der Waals surface area contributed by atoms with Crippen LogP contribution in [-0.4, -0.2) is 35.6 Å². The summed E-state index contributed by atoms with van der Waals surface area (Å²) in [4.78, 5) is 13.5. The number of hydrogen-bond donors (Lipinski definition) is 1. The normalized spacial score (nSPS) is 21.5. The van der Waals surface area contributed by atoms with E-state index in [0.717, 1.165) is 32.5 Å². The molecule has 1 aliphatic rings. The summed E-state index contributed by atoms with van der Waals surface area (Å²) in [5.74, 6) is -0.501. The summed E-state index contributed by atoms with van der Waals surface area (Å²) in [6, 6.07) is 0. The fourth-order valence-corrected chi connectivity index (χ4v) is 2.40. The number of carboxylic acid groups (broad SMARTS) is 1. The average Bonchev–Trinajstić information content (AvgIpc) is 2.66. The molecule has 1 saturated heterocycles. The van der Waals surface area contributed by atoms with Crippen molar-refractivity contribution in [3.63, 3.8) is 0 Å². The largest absolute Gasteiger partial charge is 0.481 e. The molecule has 2 atom stereocenters. The van der Waals surface area contributed by atoms with Gasteiger partial charge in [-0.1, -0.05) is 26.7 Å². The van der Waals surface area contributed by atoms with Crippen molar-refractivity contribution in [2.45, 2.75) is 39.5 Å². The molecular weight excluding hydrogens is 190 g/mol. The molecule has 0 aliphatic carbocycles. The lowest BCUT2D eigenvalue weighted by atomic mass is 9.90. The Hall–Kier alpha value is -0.570. The zero-order valence-electron chi connectivity index (χ0n) is 9.91. The van der Waals surface area contributed by atoms with Crippen molar-refractivity contribution in [3.8, 4) is 0 Å². The predicted molar refractivity (Wildman–Crippen MR) is 60.9 cm³/mol. The number of likely N-dealkylation sites (tertiary alicyclic amines) is 1. The van der Waals surface area contributed by atoms with Crippen LogP contribution in [0.5, 0.6) is 0 Å². The standard InChI is InChI=1S/C12H23NO2/c1-3-6-10(2)11(12(14)15)9-13-7-4-5-8-13/h10-11H,3-9H2,1-2H3,(H,14,15). The molecule has 1 heterocycles. The van der Waals surface area contributed by atoms with Crippen LogP contribution in [-0.2, 0) is 4.79 Å². The molecule has 0 amide bonds. The van der Waals surface area contributed by atoms with Gasteiger partial charge >= 0.3 is 5.97 Å². The van der Waals surface area contributed by atoms with Crippen molar-refractivity contribution in [1.29, 1.82) is 0 Å². The highest BCUT2D eigenvalue weighted by Crippen LogP contribution is 2.20. The van der Waals surface area contributed by atoms with Crippen LogP contribution in [0.2, 0.25) is 0 Å². The second kappa shape index (κ2) is 6.11. The molecule has 15 heavy (non-hydrogen) atoms. The number of nitrogens with zero attached hydrogens (tertiary/aromatic N) is 1. The molecule has 88 valence electrons. The minimum atomic E-state index is -0.622. The summed E-state index contributed by atoms with van der Waals surface area (Å²) < 4.78 is 0. The number of rotatable bonds is 6. The van der Waals surface area contributed by atoms with Gasteiger partial charge in [-0.05, 0) is 31.8 Å². The van der Waals surface area contributed by atoms with Crippen LogP contribution in [0.3, 0.4) is 0 Å². The Labute approximate surface area is 92.5 Å². The number of carbonyl (C=O) groups is 1. The zero-order valence-corrected chi connectivity index (χ0v) is 9.91. The van der Waals surface area contributed by atoms with Gasteiger partial charge in [-0.25, -0.2) is 0 Å². The van der Waals surface area contributed by atoms with E-state index < -0.39 is 5.97 Å². The Morgan fingerprint density at radius 3 is 2.47 bits per heavy atom. The summed E-state index contributed by atoms with van der Waals surface area (Å²) in [6.45, 7) is 7.10. The smallest absolute Gasteiger partial charge is 0.308 e. The molecule has 1 fully saturated rings. The molecule has 1 N–H and O–H groups in total. The van der Waals surface area contributed by atoms with E-state index >= 15 is 0 Å². The maximum absolute atomic E-state index is 11.2. The van der Waals surface area contributed by atoms with Gasteiger partial charge < -0.3 is 10.0 Å². The van der Waals surface area contributed by atoms with Crippen LogP contribution in [0, 0.1) is 11.8 Å². The minimum Gasteiger partial charge on any atom is -0.481 e. The highest BCUT2D eigenvalue weighted by molar-refractivity contribution is 5.70. The fourth-order valence-electron chi connectivity index (χ4n) is 2.40. The Morgan fingerprint density at radius 1 is 1.40 bits per heavy atom. The van der Waals surface area contributed by atoms with Crippen LogP contribution in [0.25, 0.3) is 0 Å². The molecule has 3 nitrogen and oxygen atoms in total. The molecule has 1 rings (SSSR count). The fraction of sp³-hybridized carbons (Fsp3) is 0.917. The van der Waals surface area contributed by atoms with E-state index in [-0.39, 0.29) is 5.92 Å². The Bertz CT molecular complexity index is 200. The molecule has 0 spiro atoms. The SMILES string of the molecule is CCCC(C)C(CN1CCCC1)C(=O)O. The molecule has 2 unspecified atom stereocenters. The molecule has 0 aromatic rings. The van der Waals surface area contributed by atoms with Gasteiger partial charge in [0.2, 0.25) is 0 Å². The molecular formula is C12H23NO2. The monoisotopic (exact) mass is 213 g/mol. The van der Waals surface area contributed by atoms with E-state index in [4.69, 9.17) is 0 Å². The maximum Gasteiger partial charge on any atom is 0.308 e. The van der Waals surface area contributed by atoms with E-state index in [9.17, 15) is 9.90 Å². The van der Waals surface area contributed by atoms with Gasteiger partial charge in [0.1, 0.15) is 0 Å². The molecule has 0 aromatic heterocycles. The van der Waals surface area contributed by atoms with Gasteiger partial charge in [0.05, 0.1) is 5.92 Å².